The fraction of sp³-hybridized carbons (Fsp3) is 0.333. The van der Waals surface area contributed by atoms with Crippen molar-refractivity contribution in [2.24, 2.45) is 0 Å². The normalized spacial score (nSPS) is 37.1. The van der Waals surface area contributed by atoms with E-state index in [9.17, 15) is 0 Å². The molecule has 1 rings (SSSR count). The summed E-state index contributed by atoms with van der Waals surface area (Å²) in [5.74, 6) is 0. The number of thioether (sulfide) groups is 1. The van der Waals surface area contributed by atoms with Gasteiger partial charge in [-0.25, -0.2) is 0 Å². The Kier molecular flexibility index (Phi) is 1.24. The lowest BCUT2D eigenvalue weighted by molar-refractivity contribution is 1.24. The van der Waals surface area contributed by atoms with Crippen molar-refractivity contribution in [3.05, 3.63) is 25.3 Å². The third-order valence-corrected chi connectivity index (χ3v) is 2.31. The first kappa shape index (κ1) is 4.98. The molecule has 7 heavy (non-hydrogen) atoms. The van der Waals surface area contributed by atoms with Gasteiger partial charge in [0, 0.05) is 10.5 Å². The van der Waals surface area contributed by atoms with Crippen LogP contribution in [0.25, 0.3) is 0 Å². The van der Waals surface area contributed by atoms with Crippen molar-refractivity contribution in [1.29, 1.82) is 0 Å². The van der Waals surface area contributed by atoms with Crippen LogP contribution in [0.3, 0.4) is 0 Å². The van der Waals surface area contributed by atoms with Gasteiger partial charge in [-0.3, -0.25) is 0 Å². The van der Waals surface area contributed by atoms with Crippen molar-refractivity contribution in [3.63, 3.8) is 0 Å². The molecule has 1 aliphatic rings. The third-order valence-electron chi connectivity index (χ3n) is 1.03. The summed E-state index contributed by atoms with van der Waals surface area (Å²) in [5, 5.41) is 1.36. The van der Waals surface area contributed by atoms with E-state index in [4.69, 9.17) is 0 Å². The van der Waals surface area contributed by atoms with Crippen LogP contribution in [-0.4, -0.2) is 10.5 Å². The van der Waals surface area contributed by atoms with E-state index < -0.39 is 0 Å². The van der Waals surface area contributed by atoms with E-state index >= 15 is 0 Å². The van der Waals surface area contributed by atoms with Crippen molar-refractivity contribution >= 4 is 11.8 Å². The van der Waals surface area contributed by atoms with Crippen LogP contribution >= 0.6 is 11.8 Å². The summed E-state index contributed by atoms with van der Waals surface area (Å²) in [7, 11) is 0. The predicted octanol–water partition coefficient (Wildman–Crippen LogP) is 1.84. The fourth-order valence-corrected chi connectivity index (χ4v) is 1.23. The van der Waals surface area contributed by atoms with E-state index in [0.29, 0.717) is 10.5 Å². The van der Waals surface area contributed by atoms with Gasteiger partial charge in [-0.05, 0) is 0 Å². The van der Waals surface area contributed by atoms with Gasteiger partial charge in [0.1, 0.15) is 0 Å². The van der Waals surface area contributed by atoms with Crippen LogP contribution in [0.5, 0.6) is 0 Å². The second-order valence-electron chi connectivity index (χ2n) is 1.54. The van der Waals surface area contributed by atoms with Gasteiger partial charge in [0.05, 0.1) is 0 Å². The molecule has 1 saturated heterocycles. The Bertz CT molecular complexity index is 84.4. The minimum absolute atomic E-state index is 0.678. The third kappa shape index (κ3) is 0.885. The van der Waals surface area contributed by atoms with E-state index in [1.54, 1.807) is 0 Å². The maximum Gasteiger partial charge on any atom is 0.0385 e. The van der Waals surface area contributed by atoms with Crippen molar-refractivity contribution in [3.8, 4) is 0 Å². The Labute approximate surface area is 48.3 Å². The molecule has 0 aromatic rings. The topological polar surface area (TPSA) is 0 Å². The van der Waals surface area contributed by atoms with Crippen LogP contribution in [0.4, 0.5) is 0 Å². The Morgan fingerprint density at radius 2 is 1.57 bits per heavy atom. The molecule has 0 radical (unpaired) electrons. The van der Waals surface area contributed by atoms with Crippen LogP contribution in [-0.2, 0) is 0 Å². The standard InChI is InChI=1S/C6H8S/c1-3-5-6(4-2)7-5/h3-6H,1-2H2. The van der Waals surface area contributed by atoms with Gasteiger partial charge in [0.2, 0.25) is 0 Å². The summed E-state index contributed by atoms with van der Waals surface area (Å²) >= 11 is 1.90. The SMILES string of the molecule is C=CC1SC1C=C. The molecule has 0 amide bonds. The highest BCUT2D eigenvalue weighted by Gasteiger charge is 2.31. The summed E-state index contributed by atoms with van der Waals surface area (Å²) in [6, 6.07) is 0. The molecule has 0 aromatic carbocycles. The molecular formula is C6H8S. The lowest BCUT2D eigenvalue weighted by Crippen LogP contribution is -1.79. The van der Waals surface area contributed by atoms with E-state index in [1.807, 2.05) is 23.9 Å². The summed E-state index contributed by atoms with van der Waals surface area (Å²) in [6.45, 7) is 7.30. The Morgan fingerprint density at radius 3 is 1.71 bits per heavy atom. The zero-order valence-electron chi connectivity index (χ0n) is 4.13. The molecule has 2 atom stereocenters. The van der Waals surface area contributed by atoms with Crippen LogP contribution in [0.1, 0.15) is 0 Å². The van der Waals surface area contributed by atoms with E-state index in [-0.39, 0.29) is 0 Å². The average molecular weight is 112 g/mol. The molecule has 2 unspecified atom stereocenters. The maximum atomic E-state index is 3.65. The Morgan fingerprint density at radius 1 is 1.14 bits per heavy atom. The van der Waals surface area contributed by atoms with Crippen molar-refractivity contribution in [2.75, 3.05) is 0 Å². The molecule has 1 heterocycles. The second kappa shape index (κ2) is 1.74. The molecule has 0 N–H and O–H groups in total. The van der Waals surface area contributed by atoms with Crippen molar-refractivity contribution in [2.45, 2.75) is 10.5 Å². The molecule has 38 valence electrons. The van der Waals surface area contributed by atoms with Gasteiger partial charge < -0.3 is 0 Å². The van der Waals surface area contributed by atoms with Crippen molar-refractivity contribution < 1.29 is 0 Å². The van der Waals surface area contributed by atoms with Gasteiger partial charge in [-0.15, -0.1) is 24.9 Å². The lowest BCUT2D eigenvalue weighted by Gasteiger charge is -1.71. The molecule has 1 heteroatoms. The first-order chi connectivity index (χ1) is 3.38. The molecule has 0 saturated carbocycles. The van der Waals surface area contributed by atoms with Gasteiger partial charge >= 0.3 is 0 Å². The minimum atomic E-state index is 0.678. The predicted molar refractivity (Wildman–Crippen MR) is 35.6 cm³/mol. The van der Waals surface area contributed by atoms with Gasteiger partial charge in [-0.1, -0.05) is 12.2 Å². The smallest absolute Gasteiger partial charge is 0.0385 e. The first-order valence-electron chi connectivity index (χ1n) is 2.29. The molecule has 1 aliphatic heterocycles. The monoisotopic (exact) mass is 112 g/mol. The molecule has 0 aliphatic carbocycles. The van der Waals surface area contributed by atoms with Crippen LogP contribution in [0.2, 0.25) is 0 Å². The number of rotatable bonds is 2. The van der Waals surface area contributed by atoms with Gasteiger partial charge in [0.25, 0.3) is 0 Å². The molecule has 0 aromatic heterocycles. The van der Waals surface area contributed by atoms with Crippen LogP contribution < -0.4 is 0 Å². The molecule has 0 bridgehead atoms. The van der Waals surface area contributed by atoms with Gasteiger partial charge in [-0.2, -0.15) is 0 Å². The average Bonchev–Trinajstić information content (AvgIpc) is 2.43. The van der Waals surface area contributed by atoms with E-state index in [0.717, 1.165) is 0 Å². The van der Waals surface area contributed by atoms with Crippen LogP contribution in [0.15, 0.2) is 25.3 Å². The number of hydrogen-bond donors (Lipinski definition) is 0. The molecule has 0 spiro atoms. The summed E-state index contributed by atoms with van der Waals surface area (Å²) in [4.78, 5) is 0. The van der Waals surface area contributed by atoms with E-state index in [2.05, 4.69) is 13.2 Å². The largest absolute Gasteiger partial charge is 0.144 e. The number of hydrogen-bond acceptors (Lipinski definition) is 1. The zero-order chi connectivity index (χ0) is 5.28. The first-order valence-corrected chi connectivity index (χ1v) is 3.23. The molecule has 0 nitrogen and oxygen atoms in total. The van der Waals surface area contributed by atoms with E-state index in [1.165, 1.54) is 0 Å². The quantitative estimate of drug-likeness (QED) is 0.388. The summed E-state index contributed by atoms with van der Waals surface area (Å²) < 4.78 is 0. The highest BCUT2D eigenvalue weighted by molar-refractivity contribution is 8.08. The highest BCUT2D eigenvalue weighted by Crippen LogP contribution is 2.42. The highest BCUT2D eigenvalue weighted by atomic mass is 32.2. The Hall–Kier alpha value is -0.170. The summed E-state index contributed by atoms with van der Waals surface area (Å²) in [5.41, 5.74) is 0. The van der Waals surface area contributed by atoms with Crippen molar-refractivity contribution in [1.82, 2.24) is 0 Å². The lowest BCUT2D eigenvalue weighted by atomic mass is 10.3. The molecule has 1 fully saturated rings. The maximum absolute atomic E-state index is 3.65. The zero-order valence-corrected chi connectivity index (χ0v) is 4.95. The minimum Gasteiger partial charge on any atom is -0.144 e. The van der Waals surface area contributed by atoms with Gasteiger partial charge in [0.15, 0.2) is 0 Å². The summed E-state index contributed by atoms with van der Waals surface area (Å²) in [6.07, 6.45) is 3.94. The fourth-order valence-electron chi connectivity index (χ4n) is 0.515. The molecular weight excluding hydrogens is 104 g/mol. The Balaban J connectivity index is 2.30. The second-order valence-corrected chi connectivity index (χ2v) is 2.90. The van der Waals surface area contributed by atoms with Crippen LogP contribution in [0, 0.1) is 0 Å².